The monoisotopic (exact) mass is 739 g/mol. The van der Waals surface area contributed by atoms with Crippen LogP contribution in [0.4, 0.5) is 60.0 Å². The minimum atomic E-state index is -5.08. The molecule has 4 heterocycles. The van der Waals surface area contributed by atoms with Crippen molar-refractivity contribution in [3.05, 3.63) is 94.9 Å². The number of likely N-dealkylation sites (tertiary alicyclic amines) is 1. The summed E-state index contributed by atoms with van der Waals surface area (Å²) in [5.74, 6) is -4.23. The summed E-state index contributed by atoms with van der Waals surface area (Å²) in [6.07, 6.45) is -2.57. The Morgan fingerprint density at radius 2 is 1.53 bits per heavy atom. The zero-order chi connectivity index (χ0) is 37.3. The first kappa shape index (κ1) is 38.2. The highest BCUT2D eigenvalue weighted by Gasteiger charge is 2.39. The number of rotatable bonds is 2. The van der Waals surface area contributed by atoms with E-state index in [0.717, 1.165) is 54.0 Å². The lowest BCUT2D eigenvalue weighted by atomic mass is 9.99. The number of aliphatic carboxylic acids is 2. The van der Waals surface area contributed by atoms with Gasteiger partial charge < -0.3 is 31.1 Å². The van der Waals surface area contributed by atoms with Gasteiger partial charge in [0.05, 0.1) is 18.1 Å². The summed E-state index contributed by atoms with van der Waals surface area (Å²) in [6.45, 7) is 1.45. The van der Waals surface area contributed by atoms with Gasteiger partial charge >= 0.3 is 30.3 Å². The second-order valence-corrected chi connectivity index (χ2v) is 11.4. The average Bonchev–Trinajstić information content (AvgIpc) is 3.57. The predicted molar refractivity (Wildman–Crippen MR) is 173 cm³/mol. The zero-order valence-electron chi connectivity index (χ0n) is 26.1. The number of nitrogens with one attached hydrogen (secondary N) is 3. The number of pyridine rings is 1. The third-order valence-corrected chi connectivity index (χ3v) is 7.60. The highest BCUT2D eigenvalue weighted by Crippen LogP contribution is 2.31. The van der Waals surface area contributed by atoms with Crippen LogP contribution in [-0.4, -0.2) is 73.5 Å². The molecule has 6 rings (SSSR count). The molecule has 2 aliphatic rings. The van der Waals surface area contributed by atoms with Gasteiger partial charge in [-0.05, 0) is 60.2 Å². The molecule has 0 aliphatic carbocycles. The summed E-state index contributed by atoms with van der Waals surface area (Å²) in [5, 5.41) is 24.3. The maximum Gasteiger partial charge on any atom is 0.490 e. The smallest absolute Gasteiger partial charge is 0.475 e. The first-order chi connectivity index (χ1) is 24.0. The molecule has 1 saturated heterocycles. The number of halogens is 7. The molecule has 5 N–H and O–H groups in total. The van der Waals surface area contributed by atoms with Gasteiger partial charge in [-0.15, -0.1) is 0 Å². The topological polar surface area (TPSA) is 170 Å². The third-order valence-electron chi connectivity index (χ3n) is 7.32. The summed E-state index contributed by atoms with van der Waals surface area (Å²) >= 11 is 6.37. The molecule has 2 aliphatic heterocycles. The Kier molecular flexibility index (Phi) is 12.2. The number of aryl methyl sites for hydroxylation is 2. The molecule has 2 aromatic heterocycles. The molecule has 2 amide bonds. The summed E-state index contributed by atoms with van der Waals surface area (Å²) in [6, 6.07) is 18.3. The number of carboxylic acids is 2. The van der Waals surface area contributed by atoms with Gasteiger partial charge in [-0.2, -0.15) is 31.3 Å². The quantitative estimate of drug-likeness (QED) is 0.131. The molecular formula is C32H28ClF6N7O5. The van der Waals surface area contributed by atoms with Crippen molar-refractivity contribution in [3.8, 4) is 0 Å². The zero-order valence-corrected chi connectivity index (χ0v) is 26.9. The van der Waals surface area contributed by atoms with Gasteiger partial charge in [0.15, 0.2) is 5.82 Å². The average molecular weight is 740 g/mol. The van der Waals surface area contributed by atoms with Gasteiger partial charge in [0.1, 0.15) is 5.02 Å². The lowest BCUT2D eigenvalue weighted by molar-refractivity contribution is -0.193. The molecule has 1 atom stereocenters. The number of carbonyl (C=O) groups excluding carboxylic acids is 1. The number of urea groups is 1. The Bertz CT molecular complexity index is 1840. The number of benzene rings is 2. The molecule has 51 heavy (non-hydrogen) atoms. The maximum absolute atomic E-state index is 13.2. The fraction of sp³-hybridized carbons (Fsp3) is 0.250. The molecule has 1 unspecified atom stereocenters. The molecule has 2 aromatic carbocycles. The number of amides is 2. The van der Waals surface area contributed by atoms with E-state index in [4.69, 9.17) is 31.4 Å². The van der Waals surface area contributed by atoms with Crippen molar-refractivity contribution >= 4 is 58.4 Å². The molecule has 19 heteroatoms. The first-order valence-corrected chi connectivity index (χ1v) is 15.2. The molecule has 6 bridgehead atoms. The third kappa shape index (κ3) is 11.2. The van der Waals surface area contributed by atoms with Crippen molar-refractivity contribution in [3.63, 3.8) is 0 Å². The first-order valence-electron chi connectivity index (χ1n) is 14.8. The van der Waals surface area contributed by atoms with E-state index in [0.29, 0.717) is 29.3 Å². The summed E-state index contributed by atoms with van der Waals surface area (Å²) in [5.41, 5.74) is 5.79. The second kappa shape index (κ2) is 16.4. The molecule has 0 radical (unpaired) electrons. The Labute approximate surface area is 290 Å². The van der Waals surface area contributed by atoms with Crippen molar-refractivity contribution < 1.29 is 50.9 Å². The van der Waals surface area contributed by atoms with Crippen molar-refractivity contribution in [1.29, 1.82) is 0 Å². The number of carbonyl (C=O) groups is 3. The van der Waals surface area contributed by atoms with Crippen LogP contribution >= 0.6 is 11.6 Å². The van der Waals surface area contributed by atoms with Crippen LogP contribution in [0.2, 0.25) is 5.02 Å². The molecule has 12 nitrogen and oxygen atoms in total. The van der Waals surface area contributed by atoms with Crippen LogP contribution in [0.15, 0.2) is 73.2 Å². The van der Waals surface area contributed by atoms with Gasteiger partial charge in [0, 0.05) is 36.6 Å². The fourth-order valence-electron chi connectivity index (χ4n) is 4.89. The largest absolute Gasteiger partial charge is 0.490 e. The SMILES string of the molecule is O=C(Nc1ccc2cc1CCc1cncc(c1)Nc1ncc(Cl)c(n1)N2)N1CCC(c2ccccc2)C1.O=C(O)C(F)(F)F.O=C(O)C(F)(F)F. The lowest BCUT2D eigenvalue weighted by Gasteiger charge is -2.20. The number of carboxylic acid groups (broad SMARTS) is 2. The number of anilines is 5. The van der Waals surface area contributed by atoms with Crippen LogP contribution in [0.1, 0.15) is 29.0 Å². The number of nitrogens with zero attached hydrogens (tertiary/aromatic N) is 4. The van der Waals surface area contributed by atoms with Gasteiger partial charge in [-0.25, -0.2) is 19.4 Å². The number of fused-ring (bicyclic) bond motifs is 6. The molecule has 270 valence electrons. The summed E-state index contributed by atoms with van der Waals surface area (Å²) in [7, 11) is 0. The van der Waals surface area contributed by atoms with E-state index in [1.54, 1.807) is 12.4 Å². The normalized spacial score (nSPS) is 15.0. The number of alkyl halides is 6. The Morgan fingerprint density at radius 1 is 0.863 bits per heavy atom. The van der Waals surface area contributed by atoms with Gasteiger partial charge in [0.2, 0.25) is 5.95 Å². The Hall–Kier alpha value is -5.65. The van der Waals surface area contributed by atoms with E-state index in [1.807, 2.05) is 41.4 Å². The van der Waals surface area contributed by atoms with Gasteiger partial charge in [0.25, 0.3) is 0 Å². The number of hydrogen-bond donors (Lipinski definition) is 5. The van der Waals surface area contributed by atoms with Crippen LogP contribution < -0.4 is 16.0 Å². The van der Waals surface area contributed by atoms with E-state index in [1.165, 1.54) is 5.56 Å². The lowest BCUT2D eigenvalue weighted by Crippen LogP contribution is -2.33. The standard InChI is InChI=1S/C28H26ClN7O.2C2HF3O2/c29-24-16-31-27-33-23-12-18(14-30-15-23)6-7-20-13-22(32-26(24)35-27)8-9-25(20)34-28(37)36-11-10-21(17-36)19-4-2-1-3-5-19;2*3-2(4,5)1(6)7/h1-5,8-9,12-16,21H,6-7,10-11,17H2,(H,34,37)(H2,31,32,33,35);2*(H,6,7). The molecule has 1 fully saturated rings. The van der Waals surface area contributed by atoms with E-state index in [9.17, 15) is 31.1 Å². The Morgan fingerprint density at radius 3 is 2.18 bits per heavy atom. The van der Waals surface area contributed by atoms with E-state index in [2.05, 4.69) is 55.2 Å². The van der Waals surface area contributed by atoms with E-state index < -0.39 is 24.3 Å². The van der Waals surface area contributed by atoms with Crippen LogP contribution in [0.5, 0.6) is 0 Å². The molecule has 0 spiro atoms. The van der Waals surface area contributed by atoms with Crippen molar-refractivity contribution in [2.24, 2.45) is 0 Å². The number of hydrogen-bond acceptors (Lipinski definition) is 8. The van der Waals surface area contributed by atoms with Crippen LogP contribution in [-0.2, 0) is 22.4 Å². The van der Waals surface area contributed by atoms with Crippen LogP contribution in [0, 0.1) is 0 Å². The van der Waals surface area contributed by atoms with Crippen molar-refractivity contribution in [2.45, 2.75) is 37.5 Å². The Balaban J connectivity index is 0.000000353. The predicted octanol–water partition coefficient (Wildman–Crippen LogP) is 7.40. The highest BCUT2D eigenvalue weighted by molar-refractivity contribution is 6.32. The van der Waals surface area contributed by atoms with E-state index in [-0.39, 0.29) is 6.03 Å². The molecule has 4 aromatic rings. The van der Waals surface area contributed by atoms with Gasteiger partial charge in [-0.3, -0.25) is 4.98 Å². The number of aromatic nitrogens is 3. The highest BCUT2D eigenvalue weighted by atomic mass is 35.5. The minimum Gasteiger partial charge on any atom is -0.475 e. The van der Waals surface area contributed by atoms with Crippen LogP contribution in [0.25, 0.3) is 0 Å². The second-order valence-electron chi connectivity index (χ2n) is 11.0. The maximum atomic E-state index is 13.2. The summed E-state index contributed by atoms with van der Waals surface area (Å²) < 4.78 is 63.5. The molecular weight excluding hydrogens is 712 g/mol. The van der Waals surface area contributed by atoms with Gasteiger partial charge in [-0.1, -0.05) is 41.9 Å². The van der Waals surface area contributed by atoms with Crippen molar-refractivity contribution in [1.82, 2.24) is 19.9 Å². The van der Waals surface area contributed by atoms with Crippen molar-refractivity contribution in [2.75, 3.05) is 29.0 Å². The minimum absolute atomic E-state index is 0.0744. The van der Waals surface area contributed by atoms with Crippen LogP contribution in [0.3, 0.4) is 0 Å². The van der Waals surface area contributed by atoms with E-state index >= 15 is 0 Å². The fourth-order valence-corrected chi connectivity index (χ4v) is 5.03. The summed E-state index contributed by atoms with van der Waals surface area (Å²) in [4.78, 5) is 46.1. The molecule has 0 saturated carbocycles.